The van der Waals surface area contributed by atoms with E-state index in [1.807, 2.05) is 17.0 Å². The molecule has 3 rings (SSSR count). The highest BCUT2D eigenvalue weighted by atomic mass is 19.4. The molecule has 4 nitrogen and oxygen atoms in total. The molecule has 2 aromatic rings. The number of aliphatic hydroxyl groups is 2. The van der Waals surface area contributed by atoms with Crippen molar-refractivity contribution in [3.05, 3.63) is 65.2 Å². The van der Waals surface area contributed by atoms with Crippen LogP contribution in [0.15, 0.2) is 48.5 Å². The lowest BCUT2D eigenvalue weighted by molar-refractivity contribution is -0.137. The number of benzene rings is 2. The molecule has 0 amide bonds. The molecule has 0 unspecified atom stereocenters. The first-order valence-corrected chi connectivity index (χ1v) is 9.16. The van der Waals surface area contributed by atoms with E-state index in [-0.39, 0.29) is 0 Å². The highest BCUT2D eigenvalue weighted by molar-refractivity contribution is 5.30. The third kappa shape index (κ3) is 4.66. The zero-order valence-electron chi connectivity index (χ0n) is 15.6. The first kappa shape index (κ1) is 20.6. The van der Waals surface area contributed by atoms with Gasteiger partial charge in [0, 0.05) is 19.6 Å². The molecule has 7 heteroatoms. The van der Waals surface area contributed by atoms with Gasteiger partial charge in [0.1, 0.15) is 5.75 Å². The number of methoxy groups -OCH3 is 1. The van der Waals surface area contributed by atoms with Gasteiger partial charge in [0.25, 0.3) is 0 Å². The van der Waals surface area contributed by atoms with Crippen molar-refractivity contribution in [2.75, 3.05) is 26.7 Å². The van der Waals surface area contributed by atoms with E-state index in [1.54, 1.807) is 19.2 Å². The third-order valence-electron chi connectivity index (χ3n) is 5.36. The van der Waals surface area contributed by atoms with Crippen LogP contribution < -0.4 is 4.74 Å². The average Bonchev–Trinajstić information content (AvgIpc) is 2.69. The number of aliphatic hydroxyl groups excluding tert-OH is 1. The van der Waals surface area contributed by atoms with Crippen LogP contribution in [0.5, 0.6) is 5.75 Å². The molecular weight excluding hydrogens is 371 g/mol. The molecule has 2 N–H and O–H groups in total. The topological polar surface area (TPSA) is 52.9 Å². The minimum atomic E-state index is -4.39. The molecule has 0 spiro atoms. The molecule has 0 bridgehead atoms. The molecule has 2 aromatic carbocycles. The van der Waals surface area contributed by atoms with Crippen molar-refractivity contribution < 1.29 is 28.1 Å². The molecule has 1 fully saturated rings. The zero-order chi connectivity index (χ0) is 20.4. The van der Waals surface area contributed by atoms with Gasteiger partial charge < -0.3 is 19.8 Å². The highest BCUT2D eigenvalue weighted by Gasteiger charge is 2.36. The third-order valence-corrected chi connectivity index (χ3v) is 5.36. The van der Waals surface area contributed by atoms with Gasteiger partial charge in [-0.1, -0.05) is 24.3 Å². The maximum Gasteiger partial charge on any atom is 0.416 e. The van der Waals surface area contributed by atoms with Gasteiger partial charge in [-0.2, -0.15) is 13.2 Å². The van der Waals surface area contributed by atoms with Crippen molar-refractivity contribution in [3.63, 3.8) is 0 Å². The molecule has 0 radical (unpaired) electrons. The second kappa shape index (κ2) is 8.11. The Balaban J connectivity index is 1.58. The summed E-state index contributed by atoms with van der Waals surface area (Å²) in [6.07, 6.45) is -4.26. The predicted octanol–water partition coefficient (Wildman–Crippen LogP) is 3.73. The quantitative estimate of drug-likeness (QED) is 0.810. The molecule has 0 aliphatic carbocycles. The number of likely N-dealkylation sites (tertiary alicyclic amines) is 1. The van der Waals surface area contributed by atoms with Crippen molar-refractivity contribution in [2.24, 2.45) is 0 Å². The van der Waals surface area contributed by atoms with Gasteiger partial charge in [-0.3, -0.25) is 0 Å². The molecule has 152 valence electrons. The zero-order valence-corrected chi connectivity index (χ0v) is 15.6. The second-order valence-electron chi connectivity index (χ2n) is 7.20. The Hall–Kier alpha value is -2.09. The van der Waals surface area contributed by atoms with E-state index >= 15 is 0 Å². The maximum absolute atomic E-state index is 12.7. The van der Waals surface area contributed by atoms with Crippen molar-refractivity contribution >= 4 is 0 Å². The lowest BCUT2D eigenvalue weighted by Gasteiger charge is -2.39. The van der Waals surface area contributed by atoms with Gasteiger partial charge in [-0.05, 0) is 48.2 Å². The van der Waals surface area contributed by atoms with E-state index in [9.17, 15) is 23.4 Å². The lowest BCUT2D eigenvalue weighted by Crippen LogP contribution is -2.44. The number of halogens is 3. The number of alkyl halides is 3. The Bertz CT molecular complexity index is 767. The maximum atomic E-state index is 12.7. The smallest absolute Gasteiger partial charge is 0.416 e. The summed E-state index contributed by atoms with van der Waals surface area (Å²) in [4.78, 5) is 2.05. The summed E-state index contributed by atoms with van der Waals surface area (Å²) in [7, 11) is 1.58. The summed E-state index contributed by atoms with van der Waals surface area (Å²) in [5.41, 5.74) is -0.591. The minimum absolute atomic E-state index is 0.397. The van der Waals surface area contributed by atoms with Crippen LogP contribution in [0.2, 0.25) is 0 Å². The van der Waals surface area contributed by atoms with Crippen LogP contribution in [0.1, 0.15) is 35.6 Å². The minimum Gasteiger partial charge on any atom is -0.497 e. The fourth-order valence-corrected chi connectivity index (χ4v) is 3.54. The fourth-order valence-electron chi connectivity index (χ4n) is 3.54. The van der Waals surface area contributed by atoms with Crippen LogP contribution in [-0.2, 0) is 11.8 Å². The van der Waals surface area contributed by atoms with E-state index in [4.69, 9.17) is 4.74 Å². The molecule has 0 aromatic heterocycles. The van der Waals surface area contributed by atoms with Crippen LogP contribution >= 0.6 is 0 Å². The van der Waals surface area contributed by atoms with E-state index in [1.165, 1.54) is 12.1 Å². The fraction of sp³-hybridized carbons (Fsp3) is 0.429. The number of nitrogens with zero attached hydrogens (tertiary/aromatic N) is 1. The lowest BCUT2D eigenvalue weighted by atomic mass is 9.84. The molecule has 28 heavy (non-hydrogen) atoms. The number of β-amino-alcohol motifs (C(OH)–C–C–N with tert-alkyl or cyclic N) is 1. The van der Waals surface area contributed by atoms with E-state index in [0.717, 1.165) is 23.4 Å². The van der Waals surface area contributed by atoms with Crippen LogP contribution in [0.3, 0.4) is 0 Å². The largest absolute Gasteiger partial charge is 0.497 e. The summed E-state index contributed by atoms with van der Waals surface area (Å²) < 4.78 is 43.2. The Kier molecular flexibility index (Phi) is 5.98. The molecular formula is C21H24F3NO3. The Morgan fingerprint density at radius 2 is 1.61 bits per heavy atom. The van der Waals surface area contributed by atoms with Gasteiger partial charge in [-0.25, -0.2) is 0 Å². The summed E-state index contributed by atoms with van der Waals surface area (Å²) in [5, 5.41) is 21.3. The van der Waals surface area contributed by atoms with Crippen molar-refractivity contribution in [3.8, 4) is 5.75 Å². The van der Waals surface area contributed by atoms with E-state index in [2.05, 4.69) is 0 Å². The molecule has 1 saturated heterocycles. The van der Waals surface area contributed by atoms with E-state index in [0.29, 0.717) is 38.0 Å². The van der Waals surface area contributed by atoms with Gasteiger partial charge in [-0.15, -0.1) is 0 Å². The molecule has 1 heterocycles. The first-order chi connectivity index (χ1) is 13.2. The van der Waals surface area contributed by atoms with Crippen LogP contribution in [0.4, 0.5) is 13.2 Å². The molecule has 1 aliphatic rings. The Morgan fingerprint density at radius 3 is 2.11 bits per heavy atom. The number of ether oxygens (including phenoxy) is 1. The number of rotatable bonds is 5. The number of hydrogen-bond donors (Lipinski definition) is 2. The van der Waals surface area contributed by atoms with Gasteiger partial charge in [0.05, 0.1) is 24.4 Å². The second-order valence-corrected chi connectivity index (χ2v) is 7.20. The summed E-state index contributed by atoms with van der Waals surface area (Å²) >= 11 is 0. The summed E-state index contributed by atoms with van der Waals surface area (Å²) in [6.45, 7) is 1.52. The van der Waals surface area contributed by atoms with Crippen molar-refractivity contribution in [2.45, 2.75) is 30.7 Å². The Labute approximate surface area is 162 Å². The van der Waals surface area contributed by atoms with Gasteiger partial charge >= 0.3 is 6.18 Å². The Morgan fingerprint density at radius 1 is 1.04 bits per heavy atom. The van der Waals surface area contributed by atoms with Gasteiger partial charge in [0.2, 0.25) is 0 Å². The first-order valence-electron chi connectivity index (χ1n) is 9.16. The van der Waals surface area contributed by atoms with Gasteiger partial charge in [0.15, 0.2) is 0 Å². The van der Waals surface area contributed by atoms with Crippen molar-refractivity contribution in [1.29, 1.82) is 0 Å². The summed E-state index contributed by atoms with van der Waals surface area (Å²) in [5.74, 6) is 0.718. The summed E-state index contributed by atoms with van der Waals surface area (Å²) in [6, 6.07) is 11.9. The normalized spacial score (nSPS) is 18.6. The molecule has 1 aliphatic heterocycles. The van der Waals surface area contributed by atoms with Crippen LogP contribution in [0, 0.1) is 0 Å². The molecule has 1 atom stereocenters. The van der Waals surface area contributed by atoms with E-state index < -0.39 is 23.4 Å². The predicted molar refractivity (Wildman–Crippen MR) is 99.0 cm³/mol. The molecule has 0 saturated carbocycles. The number of piperidine rings is 1. The van der Waals surface area contributed by atoms with Crippen LogP contribution in [0.25, 0.3) is 0 Å². The number of hydrogen-bond acceptors (Lipinski definition) is 4. The monoisotopic (exact) mass is 395 g/mol. The standard InChI is InChI=1S/C21H24F3NO3/c1-28-18-8-2-15(3-9-18)19(26)14-25-12-10-20(27,11-13-25)16-4-6-17(7-5-16)21(22,23)24/h2-9,19,26-27H,10-14H2,1H3/t19-/m1/s1. The highest BCUT2D eigenvalue weighted by Crippen LogP contribution is 2.36. The van der Waals surface area contributed by atoms with Crippen LogP contribution in [-0.4, -0.2) is 41.9 Å². The SMILES string of the molecule is COc1ccc([C@H](O)CN2CCC(O)(c3ccc(C(F)(F)F)cc3)CC2)cc1. The van der Waals surface area contributed by atoms with Crippen molar-refractivity contribution in [1.82, 2.24) is 4.90 Å². The average molecular weight is 395 g/mol.